The molecule has 0 aliphatic heterocycles. The molecule has 2 N–H and O–H groups in total. The molecule has 270 valence electrons. The predicted molar refractivity (Wildman–Crippen MR) is 214 cm³/mol. The highest BCUT2D eigenvalue weighted by atomic mass is 35.5. The molecular formula is C40H54B2Cl2O6. The van der Waals surface area contributed by atoms with Gasteiger partial charge in [0.05, 0.1) is 7.11 Å². The number of carbonyl (C=O) groups is 2. The van der Waals surface area contributed by atoms with Gasteiger partial charge in [0, 0.05) is 16.8 Å². The van der Waals surface area contributed by atoms with E-state index in [4.69, 9.17) is 22.4 Å². The number of phenols is 2. The van der Waals surface area contributed by atoms with Crippen molar-refractivity contribution < 1.29 is 29.3 Å². The van der Waals surface area contributed by atoms with Crippen molar-refractivity contribution in [3.63, 3.8) is 0 Å². The summed E-state index contributed by atoms with van der Waals surface area (Å²) in [4.78, 5) is 19.6. The van der Waals surface area contributed by atoms with Crippen LogP contribution >= 0.6 is 23.2 Å². The lowest BCUT2D eigenvalue weighted by molar-refractivity contribution is 0.121. The number of phenolic OH excluding ortho intramolecular Hbond substituents is 2. The molecular weight excluding hydrogens is 669 g/mol. The Balaban J connectivity index is -0.000000546. The summed E-state index contributed by atoms with van der Waals surface area (Å²) in [7, 11) is 8.77. The molecule has 4 aromatic rings. The van der Waals surface area contributed by atoms with Gasteiger partial charge in [-0.3, -0.25) is 4.79 Å². The second kappa shape index (κ2) is 32.3. The highest BCUT2D eigenvalue weighted by Crippen LogP contribution is 2.15. The normalized spacial score (nSPS) is 11.2. The van der Waals surface area contributed by atoms with E-state index in [-0.39, 0.29) is 0 Å². The number of rotatable bonds is 1. The monoisotopic (exact) mass is 724 g/mol. The Labute approximate surface area is 317 Å². The van der Waals surface area contributed by atoms with Crippen molar-refractivity contribution >= 4 is 50.8 Å². The smallest absolute Gasteiger partial charge is 0.508 e. The SMILES string of the molecule is C1CCC1.C1CCC1.COC(=O)Oc1ccc(C)cc1.Cc1ccc(C)cc1.Cc1ccc(O)cc1.Cc1ccc(O)cc1.O=C(Cl)Cl.[2H][B].[2H][B]. The van der Waals surface area contributed by atoms with Gasteiger partial charge in [0.2, 0.25) is 0 Å². The van der Waals surface area contributed by atoms with Gasteiger partial charge in [0.15, 0.2) is 0 Å². The van der Waals surface area contributed by atoms with Crippen LogP contribution in [0.5, 0.6) is 17.2 Å². The zero-order chi connectivity index (χ0) is 40.2. The lowest BCUT2D eigenvalue weighted by Gasteiger charge is -2.05. The summed E-state index contributed by atoms with van der Waals surface area (Å²) in [5.74, 6) is 1.15. The fourth-order valence-corrected chi connectivity index (χ4v) is 2.97. The Morgan fingerprint density at radius 1 is 0.520 bits per heavy atom. The van der Waals surface area contributed by atoms with E-state index in [0.717, 1.165) is 5.56 Å². The van der Waals surface area contributed by atoms with Crippen LogP contribution in [0, 0.1) is 34.6 Å². The summed E-state index contributed by atoms with van der Waals surface area (Å²) in [5, 5.41) is 17.5. The third-order valence-electron chi connectivity index (χ3n) is 6.68. The quantitative estimate of drug-likeness (QED) is 0.0878. The second-order valence-corrected chi connectivity index (χ2v) is 12.1. The summed E-state index contributed by atoms with van der Waals surface area (Å²) in [6.07, 6.45) is 11.3. The number of ether oxygens (including phenoxy) is 2. The second-order valence-electron chi connectivity index (χ2n) is 11.2. The highest BCUT2D eigenvalue weighted by Gasteiger charge is 2.01. The Morgan fingerprint density at radius 2 is 0.720 bits per heavy atom. The van der Waals surface area contributed by atoms with Gasteiger partial charge in [-0.1, -0.05) is 140 Å². The van der Waals surface area contributed by atoms with E-state index in [1.807, 2.05) is 57.2 Å². The molecule has 10 heteroatoms. The Kier molecular flexibility index (Phi) is 29.8. The molecule has 50 heavy (non-hydrogen) atoms. The van der Waals surface area contributed by atoms with Gasteiger partial charge in [0.1, 0.15) is 17.2 Å². The third-order valence-corrected chi connectivity index (χ3v) is 6.68. The maximum Gasteiger partial charge on any atom is 0.513 e. The van der Waals surface area contributed by atoms with Gasteiger partial charge >= 0.3 is 10.9 Å². The Hall–Kier alpha value is -3.87. The topological polar surface area (TPSA) is 93.1 Å². The molecule has 0 saturated heterocycles. The van der Waals surface area contributed by atoms with Gasteiger partial charge in [0.25, 0.3) is 0 Å². The van der Waals surface area contributed by atoms with Gasteiger partial charge < -0.3 is 19.7 Å². The van der Waals surface area contributed by atoms with Gasteiger partial charge in [-0.15, -0.1) is 0 Å². The maximum absolute atomic E-state index is 10.6. The van der Waals surface area contributed by atoms with Gasteiger partial charge in [-0.05, 0) is 96.9 Å². The highest BCUT2D eigenvalue weighted by molar-refractivity contribution is 6.93. The van der Waals surface area contributed by atoms with Crippen LogP contribution in [-0.4, -0.2) is 47.6 Å². The van der Waals surface area contributed by atoms with Crippen LogP contribution in [0.15, 0.2) is 97.1 Å². The molecule has 0 atom stereocenters. The van der Waals surface area contributed by atoms with Crippen LogP contribution < -0.4 is 4.74 Å². The molecule has 2 fully saturated rings. The zero-order valence-electron chi connectivity index (χ0n) is 32.3. The summed E-state index contributed by atoms with van der Waals surface area (Å²) in [6.45, 7) is 10.1. The minimum atomic E-state index is -0.889. The van der Waals surface area contributed by atoms with Crippen molar-refractivity contribution in [2.45, 2.75) is 86.0 Å². The minimum Gasteiger partial charge on any atom is -0.508 e. The van der Waals surface area contributed by atoms with Crippen LogP contribution in [0.4, 0.5) is 9.59 Å². The first-order valence-electron chi connectivity index (χ1n) is 17.2. The van der Waals surface area contributed by atoms with Gasteiger partial charge in [-0.2, -0.15) is 0 Å². The van der Waals surface area contributed by atoms with Crippen molar-refractivity contribution in [1.29, 1.82) is 2.67 Å². The molecule has 0 aromatic heterocycles. The summed E-state index contributed by atoms with van der Waals surface area (Å²) >= 11 is 8.80. The molecule has 6 rings (SSSR count). The van der Waals surface area contributed by atoms with Crippen molar-refractivity contribution in [2.24, 2.45) is 0 Å². The van der Waals surface area contributed by atoms with Crippen molar-refractivity contribution in [2.75, 3.05) is 7.11 Å². The summed E-state index contributed by atoms with van der Waals surface area (Å²) in [6, 6.07) is 29.8. The average molecular weight is 725 g/mol. The largest absolute Gasteiger partial charge is 0.513 e. The maximum atomic E-state index is 10.6. The van der Waals surface area contributed by atoms with E-state index in [9.17, 15) is 4.79 Å². The van der Waals surface area contributed by atoms with Crippen molar-refractivity contribution in [3.05, 3.63) is 125 Å². The molecule has 6 nitrogen and oxygen atoms in total. The third kappa shape index (κ3) is 32.7. The van der Waals surface area contributed by atoms with E-state index >= 15 is 0 Å². The number of halogens is 2. The molecule has 0 heterocycles. The number of aromatic hydroxyl groups is 2. The first-order valence-corrected chi connectivity index (χ1v) is 16.8. The van der Waals surface area contributed by atoms with Crippen LogP contribution in [-0.2, 0) is 4.74 Å². The average Bonchev–Trinajstić information content (AvgIpc) is 3.07. The number of aryl methyl sites for hydroxylation is 5. The first-order chi connectivity index (χ1) is 24.8. The molecule has 2 aliphatic carbocycles. The number of hydrogen-bond acceptors (Lipinski definition) is 6. The first kappa shape index (κ1) is 46.1. The molecule has 0 unspecified atom stereocenters. The fraction of sp³-hybridized carbons (Fsp3) is 0.350. The van der Waals surface area contributed by atoms with Crippen LogP contribution in [0.3, 0.4) is 0 Å². The minimum absolute atomic E-state index is 0.329. The van der Waals surface area contributed by atoms with E-state index in [1.165, 1.54) is 80.7 Å². The Bertz CT molecular complexity index is 1200. The molecule has 0 spiro atoms. The Morgan fingerprint density at radius 3 is 0.900 bits per heavy atom. The predicted octanol–water partition coefficient (Wildman–Crippen LogP) is 11.3. The number of hydrogen-bond donors (Lipinski definition) is 2. The molecule has 2 saturated carbocycles. The molecule has 0 bridgehead atoms. The van der Waals surface area contributed by atoms with Gasteiger partial charge in [-0.25, -0.2) is 4.79 Å². The van der Waals surface area contributed by atoms with E-state index < -0.39 is 10.9 Å². The standard InChI is InChI=1S/C9H10O3.C8H10.2C7H8O.2C4H8.CCl2O.2BH/c1-7-3-5-8(6-4-7)12-9(10)11-2;1-7-3-5-8(2)6-4-7;2*1-6-2-4-7(8)5-3-6;2*1-2-4-3-1;2-1(3)4;;/h3-6H,1-2H3;3-6H,1-2H3;2*2-5,8H,1H3;2*1-4H2;;2*1H/i;;;;;;;2*1D. The van der Waals surface area contributed by atoms with Crippen LogP contribution in [0.25, 0.3) is 0 Å². The number of carbonyl (C=O) groups excluding carboxylic acids is 2. The number of methoxy groups -OCH3 is 1. The van der Waals surface area contributed by atoms with Crippen molar-refractivity contribution in [1.82, 2.24) is 0 Å². The van der Waals surface area contributed by atoms with E-state index in [2.05, 4.69) is 82.8 Å². The fourth-order valence-electron chi connectivity index (χ4n) is 2.97. The summed E-state index contributed by atoms with van der Waals surface area (Å²) < 4.78 is 18.7. The lowest BCUT2D eigenvalue weighted by Crippen LogP contribution is -2.06. The molecule has 2 aliphatic rings. The summed E-state index contributed by atoms with van der Waals surface area (Å²) in [5.41, 5.74) is 6.11. The lowest BCUT2D eigenvalue weighted by atomic mass is 10.0. The van der Waals surface area contributed by atoms with Crippen molar-refractivity contribution in [3.8, 4) is 17.2 Å². The number of benzene rings is 4. The van der Waals surface area contributed by atoms with Crippen LogP contribution in [0.1, 0.15) is 79.2 Å². The zero-order valence-corrected chi connectivity index (χ0v) is 31.8. The molecule has 4 aromatic carbocycles. The molecule has 0 amide bonds. The van der Waals surface area contributed by atoms with E-state index in [1.54, 1.807) is 36.4 Å². The van der Waals surface area contributed by atoms with E-state index in [0.29, 0.717) is 17.2 Å². The molecule has 4 radical (unpaired) electrons. The van der Waals surface area contributed by atoms with Crippen LogP contribution in [0.2, 0.25) is 0 Å².